The van der Waals surface area contributed by atoms with E-state index in [-0.39, 0.29) is 5.91 Å². The fourth-order valence-corrected chi connectivity index (χ4v) is 2.11. The van der Waals surface area contributed by atoms with Gasteiger partial charge in [0.1, 0.15) is 0 Å². The largest absolute Gasteiger partial charge is 0.336 e. The summed E-state index contributed by atoms with van der Waals surface area (Å²) >= 11 is 0. The summed E-state index contributed by atoms with van der Waals surface area (Å²) in [6, 6.07) is 15.7. The number of pyridine rings is 1. The molecule has 0 N–H and O–H groups in total. The molecule has 0 saturated carbocycles. The predicted molar refractivity (Wildman–Crippen MR) is 85.4 cm³/mol. The van der Waals surface area contributed by atoms with Gasteiger partial charge >= 0.3 is 0 Å². The zero-order chi connectivity index (χ0) is 15.1. The normalized spacial score (nSPS) is 11.2. The quantitative estimate of drug-likeness (QED) is 0.785. The Morgan fingerprint density at radius 3 is 2.48 bits per heavy atom. The molecule has 0 aliphatic heterocycles. The van der Waals surface area contributed by atoms with Gasteiger partial charge in [-0.15, -0.1) is 0 Å². The topological polar surface area (TPSA) is 33.2 Å². The molecule has 1 amide bonds. The summed E-state index contributed by atoms with van der Waals surface area (Å²) in [5, 5.41) is 0. The predicted octanol–water partition coefficient (Wildman–Crippen LogP) is 3.53. The van der Waals surface area contributed by atoms with Crippen molar-refractivity contribution >= 4 is 11.5 Å². The highest BCUT2D eigenvalue weighted by molar-refractivity contribution is 5.95. The van der Waals surface area contributed by atoms with Crippen LogP contribution in [-0.4, -0.2) is 22.8 Å². The lowest BCUT2D eigenvalue weighted by molar-refractivity contribution is -0.125. The van der Waals surface area contributed by atoms with E-state index in [1.54, 1.807) is 24.2 Å². The minimum absolute atomic E-state index is 0.00126. The number of carbonyl (C=O) groups excluding carboxylic acids is 1. The van der Waals surface area contributed by atoms with Gasteiger partial charge in [0.25, 0.3) is 0 Å². The van der Waals surface area contributed by atoms with Gasteiger partial charge in [0, 0.05) is 19.3 Å². The van der Waals surface area contributed by atoms with Crippen LogP contribution in [0.1, 0.15) is 24.6 Å². The molecule has 108 valence electrons. The van der Waals surface area contributed by atoms with E-state index in [2.05, 4.69) is 11.9 Å². The lowest BCUT2D eigenvalue weighted by atomic mass is 10.0. The molecule has 0 saturated heterocycles. The maximum atomic E-state index is 12.3. The van der Waals surface area contributed by atoms with Gasteiger partial charge in [0.15, 0.2) is 0 Å². The molecule has 1 heterocycles. The van der Waals surface area contributed by atoms with Crippen LogP contribution in [0, 0.1) is 0 Å². The Hall–Kier alpha value is -2.42. The fraction of sp³-hybridized carbons (Fsp3) is 0.222. The fourth-order valence-electron chi connectivity index (χ4n) is 2.11. The van der Waals surface area contributed by atoms with Crippen LogP contribution in [0.25, 0.3) is 5.57 Å². The van der Waals surface area contributed by atoms with Crippen molar-refractivity contribution in [1.29, 1.82) is 0 Å². The summed E-state index contributed by atoms with van der Waals surface area (Å²) in [4.78, 5) is 18.2. The van der Waals surface area contributed by atoms with Gasteiger partial charge in [-0.1, -0.05) is 43.3 Å². The van der Waals surface area contributed by atoms with Crippen molar-refractivity contribution in [3.05, 3.63) is 72.1 Å². The summed E-state index contributed by atoms with van der Waals surface area (Å²) in [6.07, 6.45) is 4.29. The summed E-state index contributed by atoms with van der Waals surface area (Å²) in [5.41, 5.74) is 3.03. The van der Waals surface area contributed by atoms with Gasteiger partial charge in [-0.05, 0) is 29.7 Å². The third kappa shape index (κ3) is 4.28. The molecule has 1 aromatic heterocycles. The molecule has 0 radical (unpaired) electrons. The number of hydrogen-bond donors (Lipinski definition) is 0. The second-order valence-corrected chi connectivity index (χ2v) is 4.90. The van der Waals surface area contributed by atoms with Crippen LogP contribution in [0.4, 0.5) is 0 Å². The van der Waals surface area contributed by atoms with Crippen molar-refractivity contribution in [2.24, 2.45) is 0 Å². The van der Waals surface area contributed by atoms with Crippen molar-refractivity contribution in [1.82, 2.24) is 9.88 Å². The lowest BCUT2D eigenvalue weighted by Crippen LogP contribution is -2.25. The first kappa shape index (κ1) is 15.0. The molecule has 1 aromatic carbocycles. The SMILES string of the molecule is CCC(=CC(=O)N(C)Cc1ccccn1)c1ccccc1. The minimum Gasteiger partial charge on any atom is -0.336 e. The number of amides is 1. The average Bonchev–Trinajstić information content (AvgIpc) is 2.54. The zero-order valence-electron chi connectivity index (χ0n) is 12.5. The Balaban J connectivity index is 2.09. The number of allylic oxidation sites excluding steroid dienone is 1. The second-order valence-electron chi connectivity index (χ2n) is 4.90. The van der Waals surface area contributed by atoms with Gasteiger partial charge in [-0.3, -0.25) is 9.78 Å². The molecule has 0 atom stereocenters. The first-order valence-electron chi connectivity index (χ1n) is 7.11. The first-order chi connectivity index (χ1) is 10.2. The van der Waals surface area contributed by atoms with Crippen LogP contribution in [0.3, 0.4) is 0 Å². The van der Waals surface area contributed by atoms with E-state index in [0.29, 0.717) is 6.54 Å². The van der Waals surface area contributed by atoms with E-state index in [9.17, 15) is 4.79 Å². The van der Waals surface area contributed by atoms with Crippen molar-refractivity contribution in [2.75, 3.05) is 7.05 Å². The van der Waals surface area contributed by atoms with E-state index < -0.39 is 0 Å². The molecule has 3 nitrogen and oxygen atoms in total. The van der Waals surface area contributed by atoms with Gasteiger partial charge in [0.05, 0.1) is 12.2 Å². The van der Waals surface area contributed by atoms with Crippen LogP contribution in [0.5, 0.6) is 0 Å². The minimum atomic E-state index is 0.00126. The Morgan fingerprint density at radius 1 is 1.14 bits per heavy atom. The Labute approximate surface area is 125 Å². The molecule has 2 rings (SSSR count). The second kappa shape index (κ2) is 7.39. The van der Waals surface area contributed by atoms with Crippen LogP contribution in [-0.2, 0) is 11.3 Å². The van der Waals surface area contributed by atoms with Gasteiger partial charge in [-0.2, -0.15) is 0 Å². The molecular weight excluding hydrogens is 260 g/mol. The summed E-state index contributed by atoms with van der Waals surface area (Å²) in [6.45, 7) is 2.58. The Bertz CT molecular complexity index is 606. The summed E-state index contributed by atoms with van der Waals surface area (Å²) in [7, 11) is 1.80. The monoisotopic (exact) mass is 280 g/mol. The van der Waals surface area contributed by atoms with E-state index in [1.165, 1.54) is 0 Å². The van der Waals surface area contributed by atoms with E-state index in [4.69, 9.17) is 0 Å². The highest BCUT2D eigenvalue weighted by atomic mass is 16.2. The van der Waals surface area contributed by atoms with Crippen LogP contribution in [0.2, 0.25) is 0 Å². The van der Waals surface area contributed by atoms with Crippen molar-refractivity contribution in [3.8, 4) is 0 Å². The van der Waals surface area contributed by atoms with Crippen molar-refractivity contribution < 1.29 is 4.79 Å². The Kier molecular flexibility index (Phi) is 5.27. The van der Waals surface area contributed by atoms with Gasteiger partial charge < -0.3 is 4.90 Å². The summed E-state index contributed by atoms with van der Waals surface area (Å²) < 4.78 is 0. The first-order valence-corrected chi connectivity index (χ1v) is 7.11. The van der Waals surface area contributed by atoms with Crippen LogP contribution < -0.4 is 0 Å². The van der Waals surface area contributed by atoms with Crippen molar-refractivity contribution in [2.45, 2.75) is 19.9 Å². The summed E-state index contributed by atoms with van der Waals surface area (Å²) in [5.74, 6) is 0.00126. The van der Waals surface area contributed by atoms with Crippen molar-refractivity contribution in [3.63, 3.8) is 0 Å². The van der Waals surface area contributed by atoms with E-state index in [0.717, 1.165) is 23.3 Å². The molecule has 0 fully saturated rings. The number of aromatic nitrogens is 1. The number of hydrogen-bond acceptors (Lipinski definition) is 2. The number of carbonyl (C=O) groups is 1. The molecule has 3 heteroatoms. The van der Waals surface area contributed by atoms with Gasteiger partial charge in [0.2, 0.25) is 5.91 Å². The highest BCUT2D eigenvalue weighted by Crippen LogP contribution is 2.17. The standard InChI is InChI=1S/C18H20N2O/c1-3-15(16-9-5-4-6-10-16)13-18(21)20(2)14-17-11-7-8-12-19-17/h4-13H,3,14H2,1-2H3. The van der Waals surface area contributed by atoms with Crippen LogP contribution >= 0.6 is 0 Å². The molecule has 0 aliphatic rings. The number of rotatable bonds is 5. The van der Waals surface area contributed by atoms with E-state index >= 15 is 0 Å². The molecular formula is C18H20N2O. The third-order valence-electron chi connectivity index (χ3n) is 3.32. The molecule has 21 heavy (non-hydrogen) atoms. The molecule has 0 aliphatic carbocycles. The maximum absolute atomic E-state index is 12.3. The van der Waals surface area contributed by atoms with Crippen LogP contribution in [0.15, 0.2) is 60.8 Å². The molecule has 0 bridgehead atoms. The molecule has 0 spiro atoms. The smallest absolute Gasteiger partial charge is 0.246 e. The Morgan fingerprint density at radius 2 is 1.86 bits per heavy atom. The number of benzene rings is 1. The lowest BCUT2D eigenvalue weighted by Gasteiger charge is -2.15. The third-order valence-corrected chi connectivity index (χ3v) is 3.32. The zero-order valence-corrected chi connectivity index (χ0v) is 12.5. The number of nitrogens with zero attached hydrogens (tertiary/aromatic N) is 2. The van der Waals surface area contributed by atoms with Gasteiger partial charge in [-0.25, -0.2) is 0 Å². The highest BCUT2D eigenvalue weighted by Gasteiger charge is 2.09. The molecule has 2 aromatic rings. The molecule has 0 unspecified atom stereocenters. The maximum Gasteiger partial charge on any atom is 0.246 e. The van der Waals surface area contributed by atoms with E-state index in [1.807, 2.05) is 48.5 Å². The number of likely N-dealkylation sites (N-methyl/N-ethyl adjacent to an activating group) is 1. The average molecular weight is 280 g/mol.